The van der Waals surface area contributed by atoms with Gasteiger partial charge in [-0.15, -0.1) is 0 Å². The first kappa shape index (κ1) is 25.6. The van der Waals surface area contributed by atoms with Crippen LogP contribution in [0.1, 0.15) is 96.0 Å². The van der Waals surface area contributed by atoms with Crippen molar-refractivity contribution in [3.8, 4) is 11.8 Å². The lowest BCUT2D eigenvalue weighted by Gasteiger charge is -2.37. The Morgan fingerprint density at radius 1 is 0.939 bits per heavy atom. The zero-order valence-corrected chi connectivity index (χ0v) is 19.8. The van der Waals surface area contributed by atoms with Crippen molar-refractivity contribution in [2.75, 3.05) is 6.61 Å². The molecule has 0 radical (unpaired) electrons. The Morgan fingerprint density at radius 3 is 2.21 bits per heavy atom. The van der Waals surface area contributed by atoms with Crippen LogP contribution in [0.2, 0.25) is 0 Å². The van der Waals surface area contributed by atoms with Gasteiger partial charge in [0.1, 0.15) is 6.07 Å². The van der Waals surface area contributed by atoms with E-state index >= 15 is 0 Å². The van der Waals surface area contributed by atoms with Gasteiger partial charge in [0.05, 0.1) is 17.6 Å². The molecule has 0 unspecified atom stereocenters. The minimum Gasteiger partial charge on any atom is -0.423 e. The van der Waals surface area contributed by atoms with E-state index in [1.165, 1.54) is 44.9 Å². The van der Waals surface area contributed by atoms with Gasteiger partial charge in [-0.25, -0.2) is 4.39 Å². The number of carbonyl (C=O) groups is 1. The van der Waals surface area contributed by atoms with Crippen LogP contribution in [0.3, 0.4) is 0 Å². The van der Waals surface area contributed by atoms with E-state index < -0.39 is 28.9 Å². The average Bonchev–Trinajstić information content (AvgIpc) is 2.85. The summed E-state index contributed by atoms with van der Waals surface area (Å²) in [4.78, 5) is 12.5. The van der Waals surface area contributed by atoms with Gasteiger partial charge in [0.2, 0.25) is 5.82 Å². The van der Waals surface area contributed by atoms with Crippen molar-refractivity contribution >= 4 is 5.97 Å². The maximum atomic E-state index is 14.0. The fraction of sp³-hybridized carbons (Fsp3) is 0.704. The number of unbranched alkanes of at least 4 members (excludes halogenated alkanes) is 4. The average molecular weight is 462 g/mol. The third-order valence-electron chi connectivity index (χ3n) is 7.47. The van der Waals surface area contributed by atoms with Crippen LogP contribution in [-0.4, -0.2) is 18.7 Å². The van der Waals surface area contributed by atoms with Crippen LogP contribution in [0.5, 0.6) is 5.75 Å². The van der Waals surface area contributed by atoms with Gasteiger partial charge in [-0.1, -0.05) is 32.6 Å². The summed E-state index contributed by atoms with van der Waals surface area (Å²) in [5.74, 6) is -2.48. The van der Waals surface area contributed by atoms with Crippen molar-refractivity contribution in [1.29, 1.82) is 5.26 Å². The van der Waals surface area contributed by atoms with Gasteiger partial charge in [-0.2, -0.15) is 9.65 Å². The first-order valence-electron chi connectivity index (χ1n) is 12.7. The molecule has 1 aromatic rings. The molecule has 0 atom stereocenters. The molecule has 0 amide bonds. The number of halogens is 2. The molecule has 6 heteroatoms. The van der Waals surface area contributed by atoms with Crippen LogP contribution in [0, 0.1) is 40.7 Å². The van der Waals surface area contributed by atoms with E-state index in [4.69, 9.17) is 14.7 Å². The SMILES string of the molecule is CCCCCCCO[C@H]1CC[C@H]([C@H]2CC[C@H](C(=O)Oc3ccc(C#N)c(F)c3F)CC2)CC1. The quantitative estimate of drug-likeness (QED) is 0.212. The number of nitriles is 1. The monoisotopic (exact) mass is 461 g/mol. The van der Waals surface area contributed by atoms with Crippen LogP contribution < -0.4 is 4.74 Å². The van der Waals surface area contributed by atoms with E-state index in [1.807, 2.05) is 0 Å². The van der Waals surface area contributed by atoms with Crippen LogP contribution >= 0.6 is 0 Å². The fourth-order valence-corrected chi connectivity index (χ4v) is 5.40. The molecule has 182 valence electrons. The lowest BCUT2D eigenvalue weighted by atomic mass is 9.70. The maximum absolute atomic E-state index is 14.0. The summed E-state index contributed by atoms with van der Waals surface area (Å²) in [7, 11) is 0. The molecule has 1 aromatic carbocycles. The van der Waals surface area contributed by atoms with Crippen molar-refractivity contribution in [2.45, 2.75) is 96.5 Å². The van der Waals surface area contributed by atoms with E-state index in [0.717, 1.165) is 57.3 Å². The Hall–Kier alpha value is -2.00. The molecule has 0 heterocycles. The maximum Gasteiger partial charge on any atom is 0.314 e. The molecule has 0 N–H and O–H groups in total. The number of hydrogen-bond donors (Lipinski definition) is 0. The second kappa shape index (κ2) is 13.0. The highest BCUT2D eigenvalue weighted by Crippen LogP contribution is 2.41. The number of nitrogens with zero attached hydrogens (tertiary/aromatic N) is 1. The Kier molecular flexibility index (Phi) is 10.1. The van der Waals surface area contributed by atoms with Crippen molar-refractivity contribution in [3.63, 3.8) is 0 Å². The van der Waals surface area contributed by atoms with E-state index in [-0.39, 0.29) is 5.92 Å². The molecular weight excluding hydrogens is 424 g/mol. The van der Waals surface area contributed by atoms with E-state index in [0.29, 0.717) is 17.9 Å². The topological polar surface area (TPSA) is 59.3 Å². The van der Waals surface area contributed by atoms with Gasteiger partial charge in [0.25, 0.3) is 0 Å². The molecule has 4 nitrogen and oxygen atoms in total. The minimum atomic E-state index is -1.28. The summed E-state index contributed by atoms with van der Waals surface area (Å²) in [5.41, 5.74) is -0.403. The number of rotatable bonds is 10. The Bertz CT molecular complexity index is 806. The number of benzene rings is 1. The molecule has 2 saturated carbocycles. The highest BCUT2D eigenvalue weighted by Gasteiger charge is 2.34. The molecule has 0 aliphatic heterocycles. The minimum absolute atomic E-state index is 0.285. The fourth-order valence-electron chi connectivity index (χ4n) is 5.40. The largest absolute Gasteiger partial charge is 0.423 e. The van der Waals surface area contributed by atoms with Gasteiger partial charge in [-0.3, -0.25) is 4.79 Å². The second-order valence-electron chi connectivity index (χ2n) is 9.71. The number of carbonyl (C=O) groups excluding carboxylic acids is 1. The summed E-state index contributed by atoms with van der Waals surface area (Å²) < 4.78 is 39.1. The predicted octanol–water partition coefficient (Wildman–Crippen LogP) is 7.09. The summed E-state index contributed by atoms with van der Waals surface area (Å²) in [5, 5.41) is 8.77. The molecule has 3 rings (SSSR count). The van der Waals surface area contributed by atoms with Crippen LogP contribution in [0.15, 0.2) is 12.1 Å². The van der Waals surface area contributed by atoms with Crippen molar-refractivity contribution < 1.29 is 23.0 Å². The normalized spacial score (nSPS) is 25.4. The van der Waals surface area contributed by atoms with E-state index in [9.17, 15) is 13.6 Å². The standard InChI is InChI=1S/C27H37F2NO3/c1-2-3-4-5-6-17-32-23-14-11-20(12-15-23)19-7-9-21(10-8-19)27(31)33-24-16-13-22(18-30)25(28)26(24)29/h13,16,19-21,23H,2-12,14-15,17H2,1H3/t19-,20-,21-,23-. The molecule has 2 aliphatic rings. The Balaban J connectivity index is 1.36. The lowest BCUT2D eigenvalue weighted by Crippen LogP contribution is -2.31. The number of ether oxygens (including phenoxy) is 2. The third kappa shape index (κ3) is 7.24. The first-order chi connectivity index (χ1) is 16.0. The number of hydrogen-bond acceptors (Lipinski definition) is 4. The lowest BCUT2D eigenvalue weighted by molar-refractivity contribution is -0.140. The van der Waals surface area contributed by atoms with E-state index in [2.05, 4.69) is 6.92 Å². The van der Waals surface area contributed by atoms with Crippen molar-refractivity contribution in [3.05, 3.63) is 29.3 Å². The van der Waals surface area contributed by atoms with Gasteiger partial charge in [-0.05, 0) is 81.8 Å². The highest BCUT2D eigenvalue weighted by atomic mass is 19.2. The predicted molar refractivity (Wildman–Crippen MR) is 123 cm³/mol. The molecule has 0 saturated heterocycles. The van der Waals surface area contributed by atoms with Crippen LogP contribution in [0.25, 0.3) is 0 Å². The van der Waals surface area contributed by atoms with Crippen LogP contribution in [-0.2, 0) is 9.53 Å². The second-order valence-corrected chi connectivity index (χ2v) is 9.71. The van der Waals surface area contributed by atoms with Crippen LogP contribution in [0.4, 0.5) is 8.78 Å². The van der Waals surface area contributed by atoms with E-state index in [1.54, 1.807) is 6.07 Å². The zero-order valence-electron chi connectivity index (χ0n) is 19.8. The summed E-state index contributed by atoms with van der Waals surface area (Å²) in [6, 6.07) is 3.85. The van der Waals surface area contributed by atoms with Gasteiger partial charge < -0.3 is 9.47 Å². The molecule has 0 aromatic heterocycles. The number of esters is 1. The third-order valence-corrected chi connectivity index (χ3v) is 7.47. The Labute approximate surface area is 196 Å². The summed E-state index contributed by atoms with van der Waals surface area (Å²) in [6.07, 6.45) is 14.7. The first-order valence-corrected chi connectivity index (χ1v) is 12.7. The zero-order chi connectivity index (χ0) is 23.6. The molecule has 0 bridgehead atoms. The Morgan fingerprint density at radius 2 is 1.58 bits per heavy atom. The molecule has 2 aliphatic carbocycles. The van der Waals surface area contributed by atoms with Crippen molar-refractivity contribution in [2.24, 2.45) is 17.8 Å². The van der Waals surface area contributed by atoms with Gasteiger partial charge in [0.15, 0.2) is 11.6 Å². The highest BCUT2D eigenvalue weighted by molar-refractivity contribution is 5.75. The summed E-state index contributed by atoms with van der Waals surface area (Å²) in [6.45, 7) is 3.12. The molecular formula is C27H37F2NO3. The van der Waals surface area contributed by atoms with Crippen molar-refractivity contribution in [1.82, 2.24) is 0 Å². The van der Waals surface area contributed by atoms with Gasteiger partial charge in [0, 0.05) is 6.61 Å². The molecule has 33 heavy (non-hydrogen) atoms. The smallest absolute Gasteiger partial charge is 0.314 e. The molecule has 2 fully saturated rings. The van der Waals surface area contributed by atoms with Gasteiger partial charge >= 0.3 is 5.97 Å². The summed E-state index contributed by atoms with van der Waals surface area (Å²) >= 11 is 0. The molecule has 0 spiro atoms.